The van der Waals surface area contributed by atoms with Crippen LogP contribution in [0.2, 0.25) is 10.0 Å². The molecule has 12 heteroatoms. The number of methoxy groups -OCH3 is 2. The van der Waals surface area contributed by atoms with Crippen molar-refractivity contribution in [3.05, 3.63) is 112 Å². The van der Waals surface area contributed by atoms with Crippen molar-refractivity contribution in [2.45, 2.75) is 40.3 Å². The SMILES string of the molecule is CCOc1cc(/C=c2/sc3n(c2=O)[C@H](c2cc(OC)ccc2OC)C(C(=O)N(CC)CC)=C(C)N=3)ccc1OCc1ccc(Cl)cc1Cl. The van der Waals surface area contributed by atoms with Crippen LogP contribution in [0.1, 0.15) is 50.4 Å². The molecule has 0 aliphatic carbocycles. The third kappa shape index (κ3) is 7.11. The van der Waals surface area contributed by atoms with Gasteiger partial charge in [-0.3, -0.25) is 14.2 Å². The molecule has 4 aromatic rings. The molecule has 0 spiro atoms. The maximum Gasteiger partial charge on any atom is 0.271 e. The Balaban J connectivity index is 1.61. The van der Waals surface area contributed by atoms with Crippen LogP contribution in [0, 0.1) is 0 Å². The van der Waals surface area contributed by atoms with Crippen molar-refractivity contribution in [1.82, 2.24) is 9.47 Å². The van der Waals surface area contributed by atoms with E-state index in [-0.39, 0.29) is 18.1 Å². The van der Waals surface area contributed by atoms with Gasteiger partial charge in [0.1, 0.15) is 24.1 Å². The molecule has 9 nitrogen and oxygen atoms in total. The average Bonchev–Trinajstić information content (AvgIpc) is 3.38. The number of aromatic nitrogens is 1. The number of rotatable bonds is 12. The summed E-state index contributed by atoms with van der Waals surface area (Å²) in [6.45, 7) is 9.18. The molecule has 0 bridgehead atoms. The first-order valence-electron chi connectivity index (χ1n) is 15.5. The van der Waals surface area contributed by atoms with Crippen LogP contribution < -0.4 is 33.8 Å². The zero-order valence-corrected chi connectivity index (χ0v) is 30.0. The number of ether oxygens (including phenoxy) is 4. The molecule has 0 saturated carbocycles. The molecule has 0 N–H and O–H groups in total. The van der Waals surface area contributed by atoms with E-state index < -0.39 is 6.04 Å². The van der Waals surface area contributed by atoms with Gasteiger partial charge in [0.2, 0.25) is 0 Å². The molecule has 1 atom stereocenters. The van der Waals surface area contributed by atoms with Crippen molar-refractivity contribution in [2.24, 2.45) is 4.99 Å². The highest BCUT2D eigenvalue weighted by Gasteiger charge is 2.36. The molecule has 5 rings (SSSR count). The number of amides is 1. The largest absolute Gasteiger partial charge is 0.497 e. The number of benzene rings is 3. The van der Waals surface area contributed by atoms with Crippen LogP contribution >= 0.6 is 34.5 Å². The Bertz CT molecular complexity index is 2050. The van der Waals surface area contributed by atoms with E-state index in [1.165, 1.54) is 11.3 Å². The molecule has 2 heterocycles. The number of hydrogen-bond acceptors (Lipinski definition) is 8. The minimum Gasteiger partial charge on any atom is -0.497 e. The van der Waals surface area contributed by atoms with Gasteiger partial charge in [0.05, 0.1) is 36.6 Å². The number of nitrogens with zero attached hydrogens (tertiary/aromatic N) is 3. The van der Waals surface area contributed by atoms with Gasteiger partial charge in [-0.25, -0.2) is 4.99 Å². The molecular formula is C36H37Cl2N3O6S. The fourth-order valence-electron chi connectivity index (χ4n) is 5.57. The van der Waals surface area contributed by atoms with Crippen LogP contribution in [-0.2, 0) is 11.4 Å². The summed E-state index contributed by atoms with van der Waals surface area (Å²) >= 11 is 13.6. The van der Waals surface area contributed by atoms with Crippen molar-refractivity contribution in [3.63, 3.8) is 0 Å². The lowest BCUT2D eigenvalue weighted by Gasteiger charge is -2.30. The van der Waals surface area contributed by atoms with Gasteiger partial charge in [-0.1, -0.05) is 46.7 Å². The van der Waals surface area contributed by atoms with E-state index in [9.17, 15) is 9.59 Å². The van der Waals surface area contributed by atoms with Gasteiger partial charge < -0.3 is 23.8 Å². The molecule has 48 heavy (non-hydrogen) atoms. The van der Waals surface area contributed by atoms with E-state index in [1.807, 2.05) is 39.0 Å². The summed E-state index contributed by atoms with van der Waals surface area (Å²) in [5, 5.41) is 1.05. The highest BCUT2D eigenvalue weighted by Crippen LogP contribution is 2.38. The van der Waals surface area contributed by atoms with Crippen molar-refractivity contribution >= 4 is 46.5 Å². The molecule has 0 unspecified atom stereocenters. The molecular weight excluding hydrogens is 673 g/mol. The lowest BCUT2D eigenvalue weighted by Crippen LogP contribution is -2.43. The summed E-state index contributed by atoms with van der Waals surface area (Å²) in [5.74, 6) is 1.95. The summed E-state index contributed by atoms with van der Waals surface area (Å²) in [6, 6.07) is 15.3. The van der Waals surface area contributed by atoms with E-state index >= 15 is 0 Å². The van der Waals surface area contributed by atoms with Gasteiger partial charge >= 0.3 is 0 Å². The molecule has 0 radical (unpaired) electrons. The Morgan fingerprint density at radius 1 is 0.958 bits per heavy atom. The van der Waals surface area contributed by atoms with Gasteiger partial charge in [0.25, 0.3) is 11.5 Å². The van der Waals surface area contributed by atoms with Crippen LogP contribution in [0.25, 0.3) is 6.08 Å². The second kappa shape index (κ2) is 15.3. The predicted molar refractivity (Wildman–Crippen MR) is 190 cm³/mol. The first-order valence-corrected chi connectivity index (χ1v) is 17.1. The van der Waals surface area contributed by atoms with Crippen LogP contribution in [0.4, 0.5) is 0 Å². The summed E-state index contributed by atoms with van der Waals surface area (Å²) in [7, 11) is 3.13. The molecule has 1 aromatic heterocycles. The predicted octanol–water partition coefficient (Wildman–Crippen LogP) is 6.41. The van der Waals surface area contributed by atoms with Gasteiger partial charge in [0, 0.05) is 34.3 Å². The first-order chi connectivity index (χ1) is 23.1. The zero-order valence-electron chi connectivity index (χ0n) is 27.6. The monoisotopic (exact) mass is 709 g/mol. The minimum atomic E-state index is -0.795. The van der Waals surface area contributed by atoms with E-state index in [0.29, 0.717) is 78.9 Å². The van der Waals surface area contributed by atoms with Crippen molar-refractivity contribution in [1.29, 1.82) is 0 Å². The lowest BCUT2D eigenvalue weighted by atomic mass is 9.93. The number of halogens is 2. The number of likely N-dealkylation sites (N-methyl/N-ethyl adjacent to an activating group) is 1. The molecule has 1 amide bonds. The fourth-order valence-corrected chi connectivity index (χ4v) is 7.08. The van der Waals surface area contributed by atoms with Crippen LogP contribution in [0.15, 0.2) is 75.7 Å². The molecule has 1 aliphatic rings. The number of carbonyl (C=O) groups excluding carboxylic acids is 1. The fraction of sp³-hybridized carbons (Fsp3) is 0.306. The van der Waals surface area contributed by atoms with Gasteiger partial charge in [0.15, 0.2) is 16.3 Å². The highest BCUT2D eigenvalue weighted by atomic mass is 35.5. The maximum atomic E-state index is 14.3. The molecule has 3 aromatic carbocycles. The Morgan fingerprint density at radius 3 is 2.38 bits per heavy atom. The van der Waals surface area contributed by atoms with Crippen molar-refractivity contribution in [2.75, 3.05) is 33.9 Å². The highest BCUT2D eigenvalue weighted by molar-refractivity contribution is 7.07. The number of fused-ring (bicyclic) bond motifs is 1. The summed E-state index contributed by atoms with van der Waals surface area (Å²) in [4.78, 5) is 35.3. The van der Waals surface area contributed by atoms with Gasteiger partial charge in [-0.2, -0.15) is 0 Å². The lowest BCUT2D eigenvalue weighted by molar-refractivity contribution is -0.127. The average molecular weight is 711 g/mol. The quantitative estimate of drug-likeness (QED) is 0.169. The molecule has 0 saturated heterocycles. The van der Waals surface area contributed by atoms with Crippen LogP contribution in [0.5, 0.6) is 23.0 Å². The van der Waals surface area contributed by atoms with E-state index in [4.69, 9.17) is 47.1 Å². The second-order valence-electron chi connectivity index (χ2n) is 10.8. The Kier molecular flexibility index (Phi) is 11.2. The van der Waals surface area contributed by atoms with Crippen LogP contribution in [-0.4, -0.2) is 49.3 Å². The Hall–Kier alpha value is -4.25. The smallest absolute Gasteiger partial charge is 0.271 e. The number of carbonyl (C=O) groups is 1. The standard InChI is InChI=1S/C36H37Cl2N3O6S/c1-7-40(8-2)35(43)32-21(4)39-36-41(33(32)26-19-25(44-5)13-15-28(26)45-6)34(42)31(48-36)17-22-10-14-29(30(16-22)46-9-3)47-20-23-11-12-24(37)18-27(23)38/h10-19,33H,7-9,20H2,1-6H3/b31-17+/t33-/m1/s1. The zero-order chi connectivity index (χ0) is 34.5. The minimum absolute atomic E-state index is 0.192. The second-order valence-corrected chi connectivity index (χ2v) is 12.7. The third-order valence-electron chi connectivity index (χ3n) is 8.00. The topological polar surface area (TPSA) is 91.6 Å². The maximum absolute atomic E-state index is 14.3. The van der Waals surface area contributed by atoms with Crippen molar-refractivity contribution in [3.8, 4) is 23.0 Å². The van der Waals surface area contributed by atoms with Crippen molar-refractivity contribution < 1.29 is 23.7 Å². The first kappa shape index (κ1) is 35.1. The van der Waals surface area contributed by atoms with Gasteiger partial charge in [-0.05, 0) is 81.8 Å². The van der Waals surface area contributed by atoms with E-state index in [0.717, 1.165) is 11.1 Å². The number of thiazole rings is 1. The third-order valence-corrected chi connectivity index (χ3v) is 9.57. The summed E-state index contributed by atoms with van der Waals surface area (Å²) in [6.07, 6.45) is 1.79. The van der Waals surface area contributed by atoms with E-state index in [1.54, 1.807) is 73.1 Å². The summed E-state index contributed by atoms with van der Waals surface area (Å²) < 4.78 is 25.3. The molecule has 252 valence electrons. The van der Waals surface area contributed by atoms with Gasteiger partial charge in [-0.15, -0.1) is 0 Å². The summed E-state index contributed by atoms with van der Waals surface area (Å²) in [5.41, 5.74) is 2.79. The Labute approximate surface area is 293 Å². The molecule has 0 fully saturated rings. The number of hydrogen-bond donors (Lipinski definition) is 0. The molecule has 1 aliphatic heterocycles. The number of allylic oxidation sites excluding steroid dienone is 1. The van der Waals surface area contributed by atoms with Crippen LogP contribution in [0.3, 0.4) is 0 Å². The Morgan fingerprint density at radius 2 is 1.71 bits per heavy atom. The normalized spacial score (nSPS) is 14.3. The van der Waals surface area contributed by atoms with E-state index in [2.05, 4.69) is 0 Å².